The molecule has 27 heavy (non-hydrogen) atoms. The van der Waals surface area contributed by atoms with Gasteiger partial charge in [-0.1, -0.05) is 24.3 Å². The Morgan fingerprint density at radius 1 is 1.11 bits per heavy atom. The lowest BCUT2D eigenvalue weighted by molar-refractivity contribution is -0.892. The van der Waals surface area contributed by atoms with Crippen molar-refractivity contribution in [1.82, 2.24) is 5.32 Å². The monoisotopic (exact) mass is 368 g/mol. The molecular weight excluding hydrogens is 341 g/mol. The number of hydrogen-bond acceptors (Lipinski definition) is 2. The number of aryl methyl sites for hydroxylation is 1. The largest absolute Gasteiger partial charge is 0.360 e. The SMILES string of the molecule is O=C(C[NH+]1CCN(c2ccc(F)cc2)CC1)N[C@H]1CCCc2ccccc21. The molecule has 1 atom stereocenters. The first-order valence-electron chi connectivity index (χ1n) is 9.90. The number of hydrogen-bond donors (Lipinski definition) is 2. The summed E-state index contributed by atoms with van der Waals surface area (Å²) in [6.07, 6.45) is 3.26. The Hall–Kier alpha value is -2.40. The first kappa shape index (κ1) is 18.0. The highest BCUT2D eigenvalue weighted by Crippen LogP contribution is 2.29. The van der Waals surface area contributed by atoms with Gasteiger partial charge in [0.2, 0.25) is 0 Å². The van der Waals surface area contributed by atoms with Crippen molar-refractivity contribution in [2.75, 3.05) is 37.6 Å². The summed E-state index contributed by atoms with van der Waals surface area (Å²) in [4.78, 5) is 16.2. The van der Waals surface area contributed by atoms with E-state index in [1.54, 1.807) is 0 Å². The molecule has 2 aromatic rings. The number of benzene rings is 2. The van der Waals surface area contributed by atoms with Crippen LogP contribution in [0.1, 0.15) is 30.0 Å². The topological polar surface area (TPSA) is 36.8 Å². The molecule has 0 spiro atoms. The minimum absolute atomic E-state index is 0.141. The predicted molar refractivity (Wildman–Crippen MR) is 104 cm³/mol. The molecule has 2 aliphatic rings. The zero-order chi connectivity index (χ0) is 18.6. The third kappa shape index (κ3) is 4.30. The third-order valence-corrected chi connectivity index (χ3v) is 5.78. The summed E-state index contributed by atoms with van der Waals surface area (Å²) in [7, 11) is 0. The van der Waals surface area contributed by atoms with Gasteiger partial charge >= 0.3 is 0 Å². The zero-order valence-corrected chi connectivity index (χ0v) is 15.6. The second kappa shape index (κ2) is 8.09. The van der Waals surface area contributed by atoms with E-state index in [2.05, 4.69) is 34.5 Å². The number of nitrogens with zero attached hydrogens (tertiary/aromatic N) is 1. The van der Waals surface area contributed by atoms with Gasteiger partial charge in [-0.25, -0.2) is 4.39 Å². The van der Waals surface area contributed by atoms with Crippen LogP contribution in [0, 0.1) is 5.82 Å². The Labute approximate surface area is 160 Å². The van der Waals surface area contributed by atoms with Crippen molar-refractivity contribution in [3.05, 3.63) is 65.5 Å². The average molecular weight is 368 g/mol. The molecule has 1 saturated heterocycles. The minimum Gasteiger partial charge on any atom is -0.360 e. The van der Waals surface area contributed by atoms with Gasteiger partial charge < -0.3 is 15.1 Å². The van der Waals surface area contributed by atoms with Crippen molar-refractivity contribution < 1.29 is 14.1 Å². The van der Waals surface area contributed by atoms with E-state index in [1.807, 2.05) is 12.1 Å². The van der Waals surface area contributed by atoms with E-state index >= 15 is 0 Å². The van der Waals surface area contributed by atoms with Crippen LogP contribution in [0.15, 0.2) is 48.5 Å². The first-order valence-corrected chi connectivity index (χ1v) is 9.90. The lowest BCUT2D eigenvalue weighted by Crippen LogP contribution is -3.16. The van der Waals surface area contributed by atoms with Crippen LogP contribution in [-0.4, -0.2) is 38.6 Å². The van der Waals surface area contributed by atoms with E-state index in [0.29, 0.717) is 6.54 Å². The van der Waals surface area contributed by atoms with Gasteiger partial charge in [0.1, 0.15) is 5.82 Å². The predicted octanol–water partition coefficient (Wildman–Crippen LogP) is 1.72. The van der Waals surface area contributed by atoms with Crippen LogP contribution >= 0.6 is 0 Å². The Morgan fingerprint density at radius 3 is 2.63 bits per heavy atom. The molecule has 0 aromatic heterocycles. The Balaban J connectivity index is 1.28. The average Bonchev–Trinajstić information content (AvgIpc) is 2.69. The molecule has 4 rings (SSSR count). The fourth-order valence-electron chi connectivity index (χ4n) is 4.29. The molecule has 2 aromatic carbocycles. The zero-order valence-electron chi connectivity index (χ0n) is 15.6. The summed E-state index contributed by atoms with van der Waals surface area (Å²) in [5, 5.41) is 3.26. The van der Waals surface area contributed by atoms with E-state index < -0.39 is 0 Å². The summed E-state index contributed by atoms with van der Waals surface area (Å²) < 4.78 is 13.1. The van der Waals surface area contributed by atoms with Crippen LogP contribution in [0.4, 0.5) is 10.1 Å². The number of nitrogens with one attached hydrogen (secondary N) is 2. The lowest BCUT2D eigenvalue weighted by Gasteiger charge is -2.34. The summed E-state index contributed by atoms with van der Waals surface area (Å²) in [6, 6.07) is 15.3. The number of halogens is 1. The molecule has 0 unspecified atom stereocenters. The van der Waals surface area contributed by atoms with Crippen LogP contribution < -0.4 is 15.1 Å². The minimum atomic E-state index is -0.205. The van der Waals surface area contributed by atoms with Crippen LogP contribution in [-0.2, 0) is 11.2 Å². The first-order chi connectivity index (χ1) is 13.2. The molecule has 4 nitrogen and oxygen atoms in total. The van der Waals surface area contributed by atoms with Gasteiger partial charge in [-0.15, -0.1) is 0 Å². The van der Waals surface area contributed by atoms with Crippen LogP contribution in [0.2, 0.25) is 0 Å². The van der Waals surface area contributed by atoms with Crippen molar-refractivity contribution >= 4 is 11.6 Å². The van der Waals surface area contributed by atoms with E-state index in [4.69, 9.17) is 0 Å². The molecule has 1 heterocycles. The van der Waals surface area contributed by atoms with Gasteiger partial charge in [-0.3, -0.25) is 4.79 Å². The maximum Gasteiger partial charge on any atom is 0.275 e. The van der Waals surface area contributed by atoms with Crippen molar-refractivity contribution in [3.8, 4) is 0 Å². The number of carbonyl (C=O) groups is 1. The number of quaternary nitrogens is 1. The molecule has 1 aliphatic carbocycles. The molecule has 1 aliphatic heterocycles. The van der Waals surface area contributed by atoms with Crippen molar-refractivity contribution in [3.63, 3.8) is 0 Å². The number of carbonyl (C=O) groups excluding carboxylic acids is 1. The van der Waals surface area contributed by atoms with Crippen LogP contribution in [0.5, 0.6) is 0 Å². The third-order valence-electron chi connectivity index (χ3n) is 5.78. The fourth-order valence-corrected chi connectivity index (χ4v) is 4.29. The molecule has 5 heteroatoms. The molecular formula is C22H27FN3O+. The highest BCUT2D eigenvalue weighted by atomic mass is 19.1. The Morgan fingerprint density at radius 2 is 1.85 bits per heavy atom. The molecule has 0 bridgehead atoms. The smallest absolute Gasteiger partial charge is 0.275 e. The van der Waals surface area contributed by atoms with Gasteiger partial charge in [0.15, 0.2) is 6.54 Å². The molecule has 1 fully saturated rings. The number of rotatable bonds is 4. The summed E-state index contributed by atoms with van der Waals surface area (Å²) >= 11 is 0. The lowest BCUT2D eigenvalue weighted by atomic mass is 9.88. The van der Waals surface area contributed by atoms with Crippen molar-refractivity contribution in [1.29, 1.82) is 0 Å². The fraction of sp³-hybridized carbons (Fsp3) is 0.409. The van der Waals surface area contributed by atoms with Crippen LogP contribution in [0.3, 0.4) is 0 Å². The quantitative estimate of drug-likeness (QED) is 0.862. The second-order valence-corrected chi connectivity index (χ2v) is 7.60. The van der Waals surface area contributed by atoms with Crippen molar-refractivity contribution in [2.45, 2.75) is 25.3 Å². The van der Waals surface area contributed by atoms with E-state index in [-0.39, 0.29) is 17.8 Å². The highest BCUT2D eigenvalue weighted by molar-refractivity contribution is 5.77. The van der Waals surface area contributed by atoms with Crippen LogP contribution in [0.25, 0.3) is 0 Å². The molecule has 0 radical (unpaired) electrons. The number of fused-ring (bicyclic) bond motifs is 1. The molecule has 2 N–H and O–H groups in total. The molecule has 0 saturated carbocycles. The summed E-state index contributed by atoms with van der Waals surface area (Å²) in [5.74, 6) is -0.0640. The van der Waals surface area contributed by atoms with E-state index in [1.165, 1.54) is 28.2 Å². The Kier molecular flexibility index (Phi) is 5.39. The van der Waals surface area contributed by atoms with Gasteiger partial charge in [0.25, 0.3) is 5.91 Å². The number of amides is 1. The van der Waals surface area contributed by atoms with Gasteiger partial charge in [0, 0.05) is 5.69 Å². The van der Waals surface area contributed by atoms with Crippen molar-refractivity contribution in [2.24, 2.45) is 0 Å². The van der Waals surface area contributed by atoms with Gasteiger partial charge in [-0.2, -0.15) is 0 Å². The second-order valence-electron chi connectivity index (χ2n) is 7.60. The maximum absolute atomic E-state index is 13.1. The number of piperazine rings is 1. The standard InChI is InChI=1S/C22H26FN3O/c23-18-8-10-19(11-9-18)26-14-12-25(13-15-26)16-22(27)24-21-7-3-5-17-4-1-2-6-20(17)21/h1-2,4,6,8-11,21H,3,5,7,12-16H2,(H,24,27)/p+1/t21-/m0/s1. The molecule has 142 valence electrons. The van der Waals surface area contributed by atoms with Gasteiger partial charge in [0.05, 0.1) is 32.2 Å². The summed E-state index contributed by atoms with van der Waals surface area (Å²) in [6.45, 7) is 4.15. The maximum atomic E-state index is 13.1. The van der Waals surface area contributed by atoms with E-state index in [9.17, 15) is 9.18 Å². The summed E-state index contributed by atoms with van der Waals surface area (Å²) in [5.41, 5.74) is 3.71. The van der Waals surface area contributed by atoms with E-state index in [0.717, 1.165) is 51.1 Å². The number of anilines is 1. The normalized spacial score (nSPS) is 20.2. The molecule has 1 amide bonds. The highest BCUT2D eigenvalue weighted by Gasteiger charge is 2.25. The van der Waals surface area contributed by atoms with Gasteiger partial charge in [-0.05, 0) is 54.7 Å². The Bertz CT molecular complexity index is 784.